The normalized spacial score (nSPS) is 17.7. The number of rotatable bonds is 13. The third kappa shape index (κ3) is 8.12. The highest BCUT2D eigenvalue weighted by Crippen LogP contribution is 2.28. The maximum atomic E-state index is 12.9. The van der Waals surface area contributed by atoms with Gasteiger partial charge in [-0.15, -0.1) is 0 Å². The Labute approximate surface area is 238 Å². The zero-order valence-corrected chi connectivity index (χ0v) is 25.2. The number of esters is 1. The Balaban J connectivity index is 1.96. The fourth-order valence-corrected chi connectivity index (χ4v) is 5.02. The van der Waals surface area contributed by atoms with Gasteiger partial charge in [0.05, 0.1) is 23.2 Å². The van der Waals surface area contributed by atoms with Gasteiger partial charge in [-0.1, -0.05) is 26.0 Å². The molecule has 1 fully saturated rings. The highest BCUT2D eigenvalue weighted by atomic mass is 16.5. The molecule has 2 aromatic rings. The number of aromatic nitrogens is 2. The summed E-state index contributed by atoms with van der Waals surface area (Å²) in [4.78, 5) is 30.4. The van der Waals surface area contributed by atoms with Gasteiger partial charge < -0.3 is 19.1 Å². The van der Waals surface area contributed by atoms with Crippen molar-refractivity contribution < 1.29 is 24.2 Å². The van der Waals surface area contributed by atoms with Gasteiger partial charge in [-0.25, -0.2) is 4.98 Å². The Morgan fingerprint density at radius 3 is 2.52 bits per heavy atom. The molecular weight excluding hydrogens is 506 g/mol. The number of aliphatic hydroxyl groups is 1. The van der Waals surface area contributed by atoms with Crippen LogP contribution in [0.4, 0.5) is 0 Å². The second-order valence-electron chi connectivity index (χ2n) is 11.3. The smallest absolute Gasteiger partial charge is 0.326 e. The van der Waals surface area contributed by atoms with E-state index in [1.54, 1.807) is 20.8 Å². The number of carbonyl (C=O) groups is 2. The van der Waals surface area contributed by atoms with Crippen LogP contribution < -0.4 is 5.32 Å². The van der Waals surface area contributed by atoms with Crippen LogP contribution in [0.3, 0.4) is 0 Å². The van der Waals surface area contributed by atoms with Crippen LogP contribution in [0, 0.1) is 11.8 Å². The number of hydrogen-bond acceptors (Lipinski definition) is 7. The minimum absolute atomic E-state index is 0.0197. The quantitative estimate of drug-likeness (QED) is 0.199. The molecule has 1 aromatic carbocycles. The van der Waals surface area contributed by atoms with Crippen molar-refractivity contribution >= 4 is 28.4 Å². The summed E-state index contributed by atoms with van der Waals surface area (Å²) in [6, 6.07) is 5.29. The number of imidazole rings is 1. The maximum absolute atomic E-state index is 12.9. The number of ketones is 1. The molecule has 8 heteroatoms. The Morgan fingerprint density at radius 1 is 1.23 bits per heavy atom. The monoisotopic (exact) mass is 553 g/mol. The standard InChI is InChI=1S/C32H47N3O5/c1-8-21(5)30(37)22(6)16-26(9-2)31-34-27-17-25(18-33-29(23(7)36)32(38)40-20(3)4)10-11-28(27)35(31)19-24-12-14-39-15-13-24/h9-11,16-17,20-21,23-24,29,33,36H,8,12-15,18-19H2,1-7H3/b22-16-,26-9+. The number of nitrogens with one attached hydrogen (secondary N) is 1. The number of hydrogen-bond donors (Lipinski definition) is 2. The molecule has 0 aliphatic carbocycles. The third-order valence-corrected chi connectivity index (χ3v) is 7.60. The molecule has 1 saturated heterocycles. The molecule has 0 spiro atoms. The lowest BCUT2D eigenvalue weighted by molar-refractivity contribution is -0.152. The van der Waals surface area contributed by atoms with E-state index in [0.717, 1.165) is 72.6 Å². The summed E-state index contributed by atoms with van der Waals surface area (Å²) in [5, 5.41) is 13.3. The van der Waals surface area contributed by atoms with Crippen LogP contribution >= 0.6 is 0 Å². The third-order valence-electron chi connectivity index (χ3n) is 7.60. The van der Waals surface area contributed by atoms with Crippen LogP contribution in [0.15, 0.2) is 35.9 Å². The number of Topliss-reactive ketones (excluding diaryl/α,β-unsaturated/α-hetero) is 1. The van der Waals surface area contributed by atoms with Crippen molar-refractivity contribution in [2.24, 2.45) is 11.8 Å². The molecule has 3 rings (SSSR count). The number of aliphatic hydroxyl groups excluding tert-OH is 1. The van der Waals surface area contributed by atoms with Crippen LogP contribution in [0.25, 0.3) is 16.6 Å². The molecule has 0 amide bonds. The van der Waals surface area contributed by atoms with Crippen LogP contribution in [-0.2, 0) is 32.2 Å². The van der Waals surface area contributed by atoms with Crippen LogP contribution in [0.2, 0.25) is 0 Å². The molecule has 3 unspecified atom stereocenters. The summed E-state index contributed by atoms with van der Waals surface area (Å²) in [6.45, 7) is 15.7. The van der Waals surface area contributed by atoms with Gasteiger partial charge in [-0.05, 0) is 89.1 Å². The first-order chi connectivity index (χ1) is 19.0. The molecule has 0 saturated carbocycles. The lowest BCUT2D eigenvalue weighted by atomic mass is 9.96. The summed E-state index contributed by atoms with van der Waals surface area (Å²) >= 11 is 0. The van der Waals surface area contributed by atoms with Crippen molar-refractivity contribution in [3.63, 3.8) is 0 Å². The second kappa shape index (κ2) is 14.7. The Hall–Kier alpha value is -2.81. The highest BCUT2D eigenvalue weighted by Gasteiger charge is 2.26. The zero-order chi connectivity index (χ0) is 29.4. The lowest BCUT2D eigenvalue weighted by Gasteiger charge is -2.24. The lowest BCUT2D eigenvalue weighted by Crippen LogP contribution is -2.46. The van der Waals surface area contributed by atoms with Crippen LogP contribution in [0.5, 0.6) is 0 Å². The van der Waals surface area contributed by atoms with Crippen molar-refractivity contribution in [3.8, 4) is 0 Å². The first-order valence-corrected chi connectivity index (χ1v) is 14.6. The van der Waals surface area contributed by atoms with Crippen molar-refractivity contribution in [2.45, 2.75) is 99.1 Å². The average molecular weight is 554 g/mol. The van der Waals surface area contributed by atoms with E-state index in [1.165, 1.54) is 0 Å². The molecule has 8 nitrogen and oxygen atoms in total. The van der Waals surface area contributed by atoms with Gasteiger partial charge in [0.15, 0.2) is 5.78 Å². The van der Waals surface area contributed by atoms with Crippen molar-refractivity contribution in [3.05, 3.63) is 47.3 Å². The number of ether oxygens (including phenoxy) is 2. The summed E-state index contributed by atoms with van der Waals surface area (Å²) in [7, 11) is 0. The Bertz CT molecular complexity index is 1220. The summed E-state index contributed by atoms with van der Waals surface area (Å²) < 4.78 is 13.2. The Morgan fingerprint density at radius 2 is 1.93 bits per heavy atom. The molecule has 0 bridgehead atoms. The predicted octanol–water partition coefficient (Wildman–Crippen LogP) is 5.22. The summed E-state index contributed by atoms with van der Waals surface area (Å²) in [6.07, 6.45) is 5.63. The Kier molecular flexibility index (Phi) is 11.7. The van der Waals surface area contributed by atoms with Gasteiger partial charge in [-0.2, -0.15) is 0 Å². The van der Waals surface area contributed by atoms with Gasteiger partial charge >= 0.3 is 5.97 Å². The largest absolute Gasteiger partial charge is 0.462 e. The van der Waals surface area contributed by atoms with E-state index in [-0.39, 0.29) is 17.8 Å². The van der Waals surface area contributed by atoms with Gasteiger partial charge in [0, 0.05) is 37.8 Å². The van der Waals surface area contributed by atoms with E-state index < -0.39 is 18.1 Å². The molecule has 40 heavy (non-hydrogen) atoms. The summed E-state index contributed by atoms with van der Waals surface area (Å²) in [5.74, 6) is 0.989. The van der Waals surface area contributed by atoms with E-state index in [4.69, 9.17) is 14.5 Å². The maximum Gasteiger partial charge on any atom is 0.326 e. The van der Waals surface area contributed by atoms with Gasteiger partial charge in [0.1, 0.15) is 11.9 Å². The number of allylic oxidation sites excluding steroid dienone is 4. The highest BCUT2D eigenvalue weighted by molar-refractivity contribution is 5.99. The topological polar surface area (TPSA) is 103 Å². The second-order valence-corrected chi connectivity index (χ2v) is 11.3. The van der Waals surface area contributed by atoms with E-state index in [2.05, 4.69) is 16.0 Å². The van der Waals surface area contributed by atoms with E-state index in [1.807, 2.05) is 52.0 Å². The molecule has 1 aliphatic heterocycles. The SMILES string of the molecule is C/C=C(\C=C(\C)C(=O)C(C)CC)c1nc2cc(CNC(C(=O)OC(C)C)C(C)O)ccc2n1CC1CCOCC1. The average Bonchev–Trinajstić information content (AvgIpc) is 3.27. The van der Waals surface area contributed by atoms with E-state index in [0.29, 0.717) is 12.5 Å². The molecule has 3 atom stereocenters. The fourth-order valence-electron chi connectivity index (χ4n) is 5.02. The number of fused-ring (bicyclic) bond motifs is 1. The fraction of sp³-hybridized carbons (Fsp3) is 0.594. The first kappa shape index (κ1) is 31.7. The van der Waals surface area contributed by atoms with Crippen molar-refractivity contribution in [2.75, 3.05) is 13.2 Å². The molecule has 220 valence electrons. The number of nitrogens with zero attached hydrogens (tertiary/aromatic N) is 2. The minimum atomic E-state index is -0.898. The predicted molar refractivity (Wildman–Crippen MR) is 159 cm³/mol. The molecule has 0 radical (unpaired) electrons. The molecular formula is C32H47N3O5. The number of carbonyl (C=O) groups excluding carboxylic acids is 2. The van der Waals surface area contributed by atoms with Gasteiger partial charge in [0.2, 0.25) is 0 Å². The molecule has 2 heterocycles. The molecule has 2 N–H and O–H groups in total. The van der Waals surface area contributed by atoms with E-state index in [9.17, 15) is 14.7 Å². The number of benzene rings is 1. The van der Waals surface area contributed by atoms with E-state index >= 15 is 0 Å². The van der Waals surface area contributed by atoms with Gasteiger partial charge in [0.25, 0.3) is 0 Å². The van der Waals surface area contributed by atoms with Crippen LogP contribution in [0.1, 0.15) is 79.1 Å². The van der Waals surface area contributed by atoms with Crippen LogP contribution in [-0.4, -0.2) is 57.9 Å². The van der Waals surface area contributed by atoms with Gasteiger partial charge in [-0.3, -0.25) is 14.9 Å². The molecule has 1 aromatic heterocycles. The summed E-state index contributed by atoms with van der Waals surface area (Å²) in [5.41, 5.74) is 4.46. The minimum Gasteiger partial charge on any atom is -0.462 e. The van der Waals surface area contributed by atoms with Crippen molar-refractivity contribution in [1.82, 2.24) is 14.9 Å². The zero-order valence-electron chi connectivity index (χ0n) is 25.2. The molecule has 1 aliphatic rings. The van der Waals surface area contributed by atoms with Crippen molar-refractivity contribution in [1.29, 1.82) is 0 Å². The first-order valence-electron chi connectivity index (χ1n) is 14.6.